The van der Waals surface area contributed by atoms with Crippen LogP contribution in [-0.2, 0) is 5.75 Å². The van der Waals surface area contributed by atoms with Gasteiger partial charge in [0.05, 0.1) is 0 Å². The molecule has 0 heterocycles. The summed E-state index contributed by atoms with van der Waals surface area (Å²) in [6.07, 6.45) is 0. The zero-order chi connectivity index (χ0) is 12.1. The molecule has 0 amide bonds. The molecule has 0 nitrogen and oxygen atoms in total. The quantitative estimate of drug-likeness (QED) is 0.724. The van der Waals surface area contributed by atoms with E-state index in [-0.39, 0.29) is 0 Å². The van der Waals surface area contributed by atoms with Crippen molar-refractivity contribution in [2.75, 3.05) is 5.75 Å². The lowest BCUT2D eigenvalue weighted by molar-refractivity contribution is 1.39. The fraction of sp³-hybridized carbons (Fsp3) is 0.200. The Balaban J connectivity index is 2.14. The Hall–Kier alpha value is -0.920. The van der Waals surface area contributed by atoms with Crippen molar-refractivity contribution in [2.45, 2.75) is 12.7 Å². The highest BCUT2D eigenvalue weighted by molar-refractivity contribution is 7.98. The monoisotopic (exact) mass is 262 g/mol. The van der Waals surface area contributed by atoms with Gasteiger partial charge in [0.25, 0.3) is 0 Å². The first kappa shape index (κ1) is 12.5. The average molecular weight is 263 g/mol. The van der Waals surface area contributed by atoms with Gasteiger partial charge in [-0.05, 0) is 34.6 Å². The summed E-state index contributed by atoms with van der Waals surface area (Å²) in [5, 5.41) is 0.782. The summed E-state index contributed by atoms with van der Waals surface area (Å²) in [7, 11) is 0. The van der Waals surface area contributed by atoms with Crippen LogP contribution in [0.5, 0.6) is 0 Å². The molecule has 0 saturated carbocycles. The third-order valence-corrected chi connectivity index (χ3v) is 3.80. The lowest BCUT2D eigenvalue weighted by atomic mass is 10.0. The van der Waals surface area contributed by atoms with Crippen molar-refractivity contribution in [2.24, 2.45) is 0 Å². The van der Waals surface area contributed by atoms with Crippen molar-refractivity contribution in [3.05, 3.63) is 59.1 Å². The second-order valence-electron chi connectivity index (χ2n) is 3.84. The first-order valence-electron chi connectivity index (χ1n) is 5.72. The minimum atomic E-state index is 0.782. The van der Waals surface area contributed by atoms with Gasteiger partial charge in [-0.2, -0.15) is 11.8 Å². The maximum atomic E-state index is 5.88. The summed E-state index contributed by atoms with van der Waals surface area (Å²) in [6.45, 7) is 2.19. The van der Waals surface area contributed by atoms with E-state index in [0.717, 1.165) is 10.8 Å². The summed E-state index contributed by atoms with van der Waals surface area (Å²) in [6, 6.07) is 16.7. The van der Waals surface area contributed by atoms with Crippen LogP contribution in [0.15, 0.2) is 48.5 Å². The average Bonchev–Trinajstić information content (AvgIpc) is 2.38. The van der Waals surface area contributed by atoms with E-state index >= 15 is 0 Å². The number of hydrogen-bond acceptors (Lipinski definition) is 1. The third-order valence-electron chi connectivity index (χ3n) is 2.60. The topological polar surface area (TPSA) is 0 Å². The Bertz CT molecular complexity index is 459. The zero-order valence-corrected chi connectivity index (χ0v) is 11.4. The number of hydrogen-bond donors (Lipinski definition) is 0. The number of thioether (sulfide) groups is 1. The molecule has 0 saturated heterocycles. The number of benzene rings is 2. The highest BCUT2D eigenvalue weighted by atomic mass is 35.5. The molecule has 17 heavy (non-hydrogen) atoms. The van der Waals surface area contributed by atoms with Gasteiger partial charge in [0, 0.05) is 10.8 Å². The first-order chi connectivity index (χ1) is 8.29. The fourth-order valence-electron chi connectivity index (χ4n) is 1.66. The van der Waals surface area contributed by atoms with E-state index < -0.39 is 0 Å². The molecule has 0 bridgehead atoms. The van der Waals surface area contributed by atoms with E-state index in [1.54, 1.807) is 0 Å². The molecule has 0 aliphatic carbocycles. The van der Waals surface area contributed by atoms with Gasteiger partial charge in [-0.3, -0.25) is 0 Å². The lowest BCUT2D eigenvalue weighted by Crippen LogP contribution is -1.82. The van der Waals surface area contributed by atoms with Crippen molar-refractivity contribution in [1.29, 1.82) is 0 Å². The van der Waals surface area contributed by atoms with E-state index in [9.17, 15) is 0 Å². The largest absolute Gasteiger partial charge is 0.157 e. The molecular formula is C15H15ClS. The van der Waals surface area contributed by atoms with Crippen molar-refractivity contribution >= 4 is 23.4 Å². The molecule has 0 aliphatic heterocycles. The normalized spacial score (nSPS) is 10.5. The van der Waals surface area contributed by atoms with Crippen molar-refractivity contribution in [1.82, 2.24) is 0 Å². The lowest BCUT2D eigenvalue weighted by Gasteiger charge is -2.04. The standard InChI is InChI=1S/C15H15ClS/c1-2-17-11-12-3-5-13(6-4-12)14-7-9-15(16)10-8-14/h3-10H,2,11H2,1H3. The Morgan fingerprint density at radius 1 is 0.882 bits per heavy atom. The Morgan fingerprint density at radius 3 is 1.94 bits per heavy atom. The van der Waals surface area contributed by atoms with E-state index in [1.165, 1.54) is 22.4 Å². The number of halogens is 1. The van der Waals surface area contributed by atoms with E-state index in [0.29, 0.717) is 0 Å². The minimum Gasteiger partial charge on any atom is -0.157 e. The van der Waals surface area contributed by atoms with Crippen LogP contribution in [0, 0.1) is 0 Å². The van der Waals surface area contributed by atoms with E-state index in [1.807, 2.05) is 23.9 Å². The number of rotatable bonds is 4. The van der Waals surface area contributed by atoms with Crippen LogP contribution in [0.4, 0.5) is 0 Å². The van der Waals surface area contributed by atoms with Gasteiger partial charge in [-0.1, -0.05) is 54.9 Å². The van der Waals surface area contributed by atoms with Gasteiger partial charge in [0.15, 0.2) is 0 Å². The Morgan fingerprint density at radius 2 is 1.41 bits per heavy atom. The highest BCUT2D eigenvalue weighted by Crippen LogP contribution is 2.22. The van der Waals surface area contributed by atoms with Crippen LogP contribution in [-0.4, -0.2) is 5.75 Å². The highest BCUT2D eigenvalue weighted by Gasteiger charge is 1.98. The fourth-order valence-corrected chi connectivity index (χ4v) is 2.41. The molecule has 0 radical (unpaired) electrons. The summed E-state index contributed by atoms with van der Waals surface area (Å²) in [4.78, 5) is 0. The molecule has 0 spiro atoms. The minimum absolute atomic E-state index is 0.782. The molecule has 0 fully saturated rings. The van der Waals surface area contributed by atoms with Crippen LogP contribution in [0.3, 0.4) is 0 Å². The predicted octanol–water partition coefficient (Wildman–Crippen LogP) is 5.26. The second-order valence-corrected chi connectivity index (χ2v) is 5.55. The van der Waals surface area contributed by atoms with Crippen molar-refractivity contribution in [3.8, 4) is 11.1 Å². The van der Waals surface area contributed by atoms with Crippen LogP contribution >= 0.6 is 23.4 Å². The van der Waals surface area contributed by atoms with Gasteiger partial charge in [0.1, 0.15) is 0 Å². The van der Waals surface area contributed by atoms with Crippen LogP contribution in [0.1, 0.15) is 12.5 Å². The Kier molecular flexibility index (Phi) is 4.52. The molecule has 2 rings (SSSR count). The summed E-state index contributed by atoms with van der Waals surface area (Å²) in [5.74, 6) is 2.26. The van der Waals surface area contributed by atoms with E-state index in [2.05, 4.69) is 43.3 Å². The summed E-state index contributed by atoms with van der Waals surface area (Å²) >= 11 is 7.83. The second kappa shape index (κ2) is 6.13. The molecule has 0 unspecified atom stereocenters. The summed E-state index contributed by atoms with van der Waals surface area (Å²) in [5.41, 5.74) is 3.84. The van der Waals surface area contributed by atoms with Crippen LogP contribution in [0.2, 0.25) is 5.02 Å². The third kappa shape index (κ3) is 3.52. The molecule has 0 aromatic heterocycles. The van der Waals surface area contributed by atoms with Crippen molar-refractivity contribution in [3.63, 3.8) is 0 Å². The van der Waals surface area contributed by atoms with Gasteiger partial charge < -0.3 is 0 Å². The van der Waals surface area contributed by atoms with Crippen molar-refractivity contribution < 1.29 is 0 Å². The summed E-state index contributed by atoms with van der Waals surface area (Å²) < 4.78 is 0. The van der Waals surface area contributed by atoms with Gasteiger partial charge in [-0.25, -0.2) is 0 Å². The van der Waals surface area contributed by atoms with Crippen LogP contribution < -0.4 is 0 Å². The molecule has 0 N–H and O–H groups in total. The molecule has 2 aromatic rings. The molecule has 88 valence electrons. The predicted molar refractivity (Wildman–Crippen MR) is 78.7 cm³/mol. The van der Waals surface area contributed by atoms with E-state index in [4.69, 9.17) is 11.6 Å². The van der Waals surface area contributed by atoms with Gasteiger partial charge >= 0.3 is 0 Å². The first-order valence-corrected chi connectivity index (χ1v) is 7.25. The maximum Gasteiger partial charge on any atom is 0.0406 e. The van der Waals surface area contributed by atoms with Gasteiger partial charge in [0.2, 0.25) is 0 Å². The maximum absolute atomic E-state index is 5.88. The zero-order valence-electron chi connectivity index (χ0n) is 9.82. The molecule has 0 aliphatic rings. The SMILES string of the molecule is CCSCc1ccc(-c2ccc(Cl)cc2)cc1. The van der Waals surface area contributed by atoms with Crippen LogP contribution in [0.25, 0.3) is 11.1 Å². The molecular weight excluding hydrogens is 248 g/mol. The van der Waals surface area contributed by atoms with Gasteiger partial charge in [-0.15, -0.1) is 0 Å². The smallest absolute Gasteiger partial charge is 0.0406 e. The Labute approximate surface area is 112 Å². The molecule has 2 aromatic carbocycles. The molecule has 2 heteroatoms. The molecule has 0 atom stereocenters.